The average Bonchev–Trinajstić information content (AvgIpc) is 2.85. The van der Waals surface area contributed by atoms with Gasteiger partial charge in [-0.05, 0) is 26.2 Å². The van der Waals surface area contributed by atoms with Crippen molar-refractivity contribution in [3.05, 3.63) is 18.7 Å². The summed E-state index contributed by atoms with van der Waals surface area (Å²) in [4.78, 5) is 24.9. The van der Waals surface area contributed by atoms with Crippen molar-refractivity contribution in [2.75, 3.05) is 24.5 Å². The molecule has 0 bridgehead atoms. The molecule has 2 saturated heterocycles. The van der Waals surface area contributed by atoms with Gasteiger partial charge in [-0.15, -0.1) is 0 Å². The van der Waals surface area contributed by atoms with Crippen LogP contribution in [0.4, 0.5) is 5.69 Å². The molecule has 19 heavy (non-hydrogen) atoms. The largest absolute Gasteiger partial charge is 0.309 e. The molecule has 5 heteroatoms. The van der Waals surface area contributed by atoms with Crippen LogP contribution < -0.4 is 4.90 Å². The van der Waals surface area contributed by atoms with E-state index in [-0.39, 0.29) is 11.8 Å². The monoisotopic (exact) mass is 260 g/mol. The van der Waals surface area contributed by atoms with Crippen molar-refractivity contribution in [3.8, 4) is 0 Å². The summed E-state index contributed by atoms with van der Waals surface area (Å²) in [5.74, 6) is 0.918. The van der Waals surface area contributed by atoms with E-state index in [0.29, 0.717) is 12.0 Å². The molecule has 0 saturated carbocycles. The summed E-state index contributed by atoms with van der Waals surface area (Å²) < 4.78 is 0. The second kappa shape index (κ2) is 4.89. The number of likely N-dealkylation sites (tertiary alicyclic amines) is 1. The Bertz CT molecular complexity index is 462. The molecule has 2 aliphatic heterocycles. The van der Waals surface area contributed by atoms with Crippen LogP contribution in [0.15, 0.2) is 18.7 Å². The standard InChI is InChI=1S/C14H20N4O/c1-10(2)17-7-11-3-4-18(14(19)13(11)8-17)12-5-15-9-16-6-12/h5-6,9-11,13H,3-4,7-8H2,1-2H3/t11-,13-/m1/s1. The predicted octanol–water partition coefficient (Wildman–Crippen LogP) is 1.17. The predicted molar refractivity (Wildman–Crippen MR) is 72.7 cm³/mol. The van der Waals surface area contributed by atoms with Crippen LogP contribution in [-0.4, -0.2) is 46.5 Å². The van der Waals surface area contributed by atoms with Crippen LogP contribution in [0.2, 0.25) is 0 Å². The van der Waals surface area contributed by atoms with Crippen LogP contribution in [0, 0.1) is 11.8 Å². The number of carbonyl (C=O) groups is 1. The van der Waals surface area contributed by atoms with E-state index in [0.717, 1.165) is 31.7 Å². The van der Waals surface area contributed by atoms with E-state index in [1.807, 2.05) is 4.90 Å². The van der Waals surface area contributed by atoms with Crippen LogP contribution in [0.5, 0.6) is 0 Å². The Kier molecular flexibility index (Phi) is 3.22. The quantitative estimate of drug-likeness (QED) is 0.801. The Morgan fingerprint density at radius 1 is 1.26 bits per heavy atom. The number of anilines is 1. The van der Waals surface area contributed by atoms with Gasteiger partial charge >= 0.3 is 0 Å². The molecule has 2 aliphatic rings. The first-order chi connectivity index (χ1) is 9.16. The molecule has 3 rings (SSSR count). The summed E-state index contributed by atoms with van der Waals surface area (Å²) in [6, 6.07) is 0.520. The summed E-state index contributed by atoms with van der Waals surface area (Å²) in [5.41, 5.74) is 0.828. The number of amides is 1. The molecule has 102 valence electrons. The molecular formula is C14H20N4O. The first kappa shape index (κ1) is 12.5. The topological polar surface area (TPSA) is 49.3 Å². The van der Waals surface area contributed by atoms with Gasteiger partial charge in [0.15, 0.2) is 0 Å². The minimum absolute atomic E-state index is 0.149. The Morgan fingerprint density at radius 2 is 2.00 bits per heavy atom. The molecule has 1 amide bonds. The fourth-order valence-electron chi connectivity index (χ4n) is 3.19. The number of rotatable bonds is 2. The van der Waals surface area contributed by atoms with E-state index in [9.17, 15) is 4.79 Å². The van der Waals surface area contributed by atoms with Gasteiger partial charge in [-0.1, -0.05) is 0 Å². The second-order valence-corrected chi connectivity index (χ2v) is 5.79. The van der Waals surface area contributed by atoms with Gasteiger partial charge in [0.05, 0.1) is 24.0 Å². The van der Waals surface area contributed by atoms with Crippen LogP contribution in [0.3, 0.4) is 0 Å². The number of aromatic nitrogens is 2. The maximum Gasteiger partial charge on any atom is 0.231 e. The molecule has 0 aliphatic carbocycles. The Balaban J connectivity index is 1.78. The number of hydrogen-bond donors (Lipinski definition) is 0. The van der Waals surface area contributed by atoms with Crippen molar-refractivity contribution in [1.29, 1.82) is 0 Å². The summed E-state index contributed by atoms with van der Waals surface area (Å²) >= 11 is 0. The number of hydrogen-bond acceptors (Lipinski definition) is 4. The molecule has 0 radical (unpaired) electrons. The van der Waals surface area contributed by atoms with Crippen LogP contribution in [-0.2, 0) is 4.79 Å². The molecule has 2 atom stereocenters. The zero-order valence-corrected chi connectivity index (χ0v) is 11.5. The van der Waals surface area contributed by atoms with E-state index < -0.39 is 0 Å². The van der Waals surface area contributed by atoms with Gasteiger partial charge in [-0.25, -0.2) is 9.97 Å². The van der Waals surface area contributed by atoms with E-state index >= 15 is 0 Å². The van der Waals surface area contributed by atoms with Crippen LogP contribution in [0.1, 0.15) is 20.3 Å². The lowest BCUT2D eigenvalue weighted by atomic mass is 9.88. The first-order valence-corrected chi connectivity index (χ1v) is 6.97. The molecule has 2 fully saturated rings. The van der Waals surface area contributed by atoms with Crippen molar-refractivity contribution in [3.63, 3.8) is 0 Å². The molecule has 3 heterocycles. The van der Waals surface area contributed by atoms with Gasteiger partial charge < -0.3 is 4.90 Å². The zero-order valence-electron chi connectivity index (χ0n) is 11.5. The molecule has 0 N–H and O–H groups in total. The zero-order chi connectivity index (χ0) is 13.4. The highest BCUT2D eigenvalue weighted by atomic mass is 16.2. The molecular weight excluding hydrogens is 240 g/mol. The number of fused-ring (bicyclic) bond motifs is 1. The smallest absolute Gasteiger partial charge is 0.231 e. The normalized spacial score (nSPS) is 27.9. The maximum absolute atomic E-state index is 12.6. The first-order valence-electron chi connectivity index (χ1n) is 6.97. The number of nitrogens with zero attached hydrogens (tertiary/aromatic N) is 4. The molecule has 0 spiro atoms. The summed E-state index contributed by atoms with van der Waals surface area (Å²) in [6.07, 6.45) is 6.02. The van der Waals surface area contributed by atoms with Crippen molar-refractivity contribution in [2.24, 2.45) is 11.8 Å². The van der Waals surface area contributed by atoms with Crippen molar-refractivity contribution in [2.45, 2.75) is 26.3 Å². The Hall–Kier alpha value is -1.49. The molecule has 1 aromatic rings. The van der Waals surface area contributed by atoms with Crippen molar-refractivity contribution >= 4 is 11.6 Å². The van der Waals surface area contributed by atoms with Gasteiger partial charge in [-0.2, -0.15) is 0 Å². The van der Waals surface area contributed by atoms with Crippen LogP contribution >= 0.6 is 0 Å². The third-order valence-corrected chi connectivity index (χ3v) is 4.36. The summed E-state index contributed by atoms with van der Waals surface area (Å²) in [6.45, 7) is 7.15. The number of piperidine rings is 1. The highest BCUT2D eigenvalue weighted by Crippen LogP contribution is 2.34. The molecule has 1 aromatic heterocycles. The second-order valence-electron chi connectivity index (χ2n) is 5.79. The van der Waals surface area contributed by atoms with Gasteiger partial charge in [0.1, 0.15) is 6.33 Å². The third-order valence-electron chi connectivity index (χ3n) is 4.36. The van der Waals surface area contributed by atoms with E-state index in [2.05, 4.69) is 28.7 Å². The molecule has 5 nitrogen and oxygen atoms in total. The van der Waals surface area contributed by atoms with Crippen molar-refractivity contribution in [1.82, 2.24) is 14.9 Å². The Labute approximate surface area is 113 Å². The lowest BCUT2D eigenvalue weighted by Gasteiger charge is -2.33. The highest BCUT2D eigenvalue weighted by Gasteiger charge is 2.43. The lowest BCUT2D eigenvalue weighted by Crippen LogP contribution is -2.45. The van der Waals surface area contributed by atoms with Crippen LogP contribution in [0.25, 0.3) is 0 Å². The average molecular weight is 260 g/mol. The fraction of sp³-hybridized carbons (Fsp3) is 0.643. The van der Waals surface area contributed by atoms with Crippen molar-refractivity contribution < 1.29 is 4.79 Å². The van der Waals surface area contributed by atoms with Gasteiger partial charge in [0.25, 0.3) is 0 Å². The lowest BCUT2D eigenvalue weighted by molar-refractivity contribution is -0.124. The van der Waals surface area contributed by atoms with E-state index in [4.69, 9.17) is 0 Å². The third kappa shape index (κ3) is 2.23. The number of carbonyl (C=O) groups excluding carboxylic acids is 1. The van der Waals surface area contributed by atoms with E-state index in [1.54, 1.807) is 12.4 Å². The Morgan fingerprint density at radius 3 is 2.68 bits per heavy atom. The fourth-order valence-corrected chi connectivity index (χ4v) is 3.19. The van der Waals surface area contributed by atoms with Gasteiger partial charge in [-0.3, -0.25) is 9.69 Å². The van der Waals surface area contributed by atoms with Gasteiger partial charge in [0, 0.05) is 25.7 Å². The minimum atomic E-state index is 0.149. The summed E-state index contributed by atoms with van der Waals surface area (Å²) in [5, 5.41) is 0. The maximum atomic E-state index is 12.6. The molecule has 0 aromatic carbocycles. The highest BCUT2D eigenvalue weighted by molar-refractivity contribution is 5.96. The minimum Gasteiger partial charge on any atom is -0.309 e. The summed E-state index contributed by atoms with van der Waals surface area (Å²) in [7, 11) is 0. The van der Waals surface area contributed by atoms with Gasteiger partial charge in [0.2, 0.25) is 5.91 Å². The van der Waals surface area contributed by atoms with E-state index in [1.165, 1.54) is 6.33 Å². The SMILES string of the molecule is CC(C)N1C[C@H]2CCN(c3cncnc3)C(=O)[C@@H]2C1. The molecule has 0 unspecified atom stereocenters.